The van der Waals surface area contributed by atoms with Crippen LogP contribution in [0.5, 0.6) is 17.2 Å². The molecule has 2 heterocycles. The smallest absolute Gasteiger partial charge is 0.264 e. The van der Waals surface area contributed by atoms with Crippen LogP contribution in [0.25, 0.3) is 11.1 Å². The quantitative estimate of drug-likeness (QED) is 0.331. The molecule has 0 aliphatic heterocycles. The number of aromatic hydroxyl groups is 1. The fraction of sp³-hybridized carbons (Fsp3) is 0.375. The summed E-state index contributed by atoms with van der Waals surface area (Å²) in [6.07, 6.45) is 0.539. The number of hydrogen-bond acceptors (Lipinski definition) is 9. The number of aliphatic imine (C=N–C) groups is 1. The van der Waals surface area contributed by atoms with Crippen LogP contribution in [0.4, 0.5) is 0 Å². The van der Waals surface area contributed by atoms with Crippen molar-refractivity contribution in [3.05, 3.63) is 55.9 Å². The van der Waals surface area contributed by atoms with Gasteiger partial charge in [-0.25, -0.2) is 4.98 Å². The van der Waals surface area contributed by atoms with E-state index in [0.717, 1.165) is 10.7 Å². The van der Waals surface area contributed by atoms with E-state index >= 15 is 0 Å². The lowest BCUT2D eigenvalue weighted by atomic mass is 9.98. The second kappa shape index (κ2) is 11.7. The summed E-state index contributed by atoms with van der Waals surface area (Å²) >= 11 is 1.56. The van der Waals surface area contributed by atoms with E-state index in [4.69, 9.17) is 18.9 Å². The lowest BCUT2D eigenvalue weighted by molar-refractivity contribution is 0.131. The molecule has 0 atom stereocenters. The number of hydrogen-bond donors (Lipinski definition) is 2. The topological polar surface area (TPSA) is 115 Å². The minimum atomic E-state index is -0.546. The van der Waals surface area contributed by atoms with E-state index in [-0.39, 0.29) is 30.4 Å². The van der Waals surface area contributed by atoms with Crippen molar-refractivity contribution < 1.29 is 24.1 Å². The number of thiazole rings is 1. The fourth-order valence-electron chi connectivity index (χ4n) is 3.54. The number of nitrogens with one attached hydrogen (secondary N) is 1. The van der Waals surface area contributed by atoms with Crippen molar-refractivity contribution >= 4 is 17.2 Å². The van der Waals surface area contributed by atoms with Crippen LogP contribution < -0.4 is 15.0 Å². The molecule has 9 nitrogen and oxygen atoms in total. The maximum Gasteiger partial charge on any atom is 0.264 e. The molecule has 0 amide bonds. The molecule has 0 bridgehead atoms. The molecule has 0 radical (unpaired) electrons. The molecule has 0 fully saturated rings. The fourth-order valence-corrected chi connectivity index (χ4v) is 4.19. The van der Waals surface area contributed by atoms with Crippen molar-refractivity contribution in [1.29, 1.82) is 0 Å². The summed E-state index contributed by atoms with van der Waals surface area (Å²) in [6.45, 7) is 4.51. The number of aryl methyl sites for hydroxylation is 1. The second-order valence-corrected chi connectivity index (χ2v) is 8.25. The van der Waals surface area contributed by atoms with E-state index in [9.17, 15) is 9.90 Å². The highest BCUT2D eigenvalue weighted by Gasteiger charge is 2.27. The molecular weight excluding hydrogens is 458 g/mol. The van der Waals surface area contributed by atoms with Gasteiger partial charge in [-0.05, 0) is 26.0 Å². The number of nitrogens with zero attached hydrogens (tertiary/aromatic N) is 2. The van der Waals surface area contributed by atoms with Crippen LogP contribution in [0, 0.1) is 6.92 Å². The molecule has 0 unspecified atom stereocenters. The van der Waals surface area contributed by atoms with Gasteiger partial charge >= 0.3 is 0 Å². The van der Waals surface area contributed by atoms with E-state index in [1.807, 2.05) is 19.2 Å². The number of rotatable bonds is 10. The summed E-state index contributed by atoms with van der Waals surface area (Å²) in [6, 6.07) is 5.26. The summed E-state index contributed by atoms with van der Waals surface area (Å²) in [5.74, 6) is 0.635. The Bertz CT molecular complexity index is 1200. The maximum atomic E-state index is 13.0. The third kappa shape index (κ3) is 5.40. The molecule has 3 aromatic rings. The van der Waals surface area contributed by atoms with Crippen molar-refractivity contribution in [2.75, 3.05) is 34.5 Å². The predicted molar refractivity (Wildman–Crippen MR) is 132 cm³/mol. The van der Waals surface area contributed by atoms with Crippen LogP contribution in [0.2, 0.25) is 0 Å². The Hall–Kier alpha value is -3.37. The molecule has 2 aromatic heterocycles. The number of ether oxygens (including phenoxy) is 4. The van der Waals surface area contributed by atoms with Crippen LogP contribution in [-0.2, 0) is 22.5 Å². The van der Waals surface area contributed by atoms with Crippen molar-refractivity contribution in [2.45, 2.75) is 26.9 Å². The number of benzene rings is 1. The van der Waals surface area contributed by atoms with Gasteiger partial charge in [-0.1, -0.05) is 6.07 Å². The van der Waals surface area contributed by atoms with Gasteiger partial charge in [0, 0.05) is 25.5 Å². The van der Waals surface area contributed by atoms with E-state index in [1.54, 1.807) is 29.5 Å². The lowest BCUT2D eigenvalue weighted by Crippen LogP contribution is -2.24. The summed E-state index contributed by atoms with van der Waals surface area (Å²) in [5.41, 5.74) is 1.44. The average molecular weight is 488 g/mol. The van der Waals surface area contributed by atoms with Crippen molar-refractivity contribution in [3.63, 3.8) is 0 Å². The zero-order chi connectivity index (χ0) is 24.7. The van der Waals surface area contributed by atoms with Gasteiger partial charge in [0.1, 0.15) is 22.8 Å². The first-order valence-electron chi connectivity index (χ1n) is 10.7. The van der Waals surface area contributed by atoms with Gasteiger partial charge < -0.3 is 29.0 Å². The van der Waals surface area contributed by atoms with Gasteiger partial charge in [0.25, 0.3) is 5.56 Å². The standard InChI is InChI=1S/C24H29N3O6S/c1-6-32-12-16-19(20-17(30-4)8-7-9-18(20)31-5)22(28)21(23(29)27-16)24(25-3)33-11-10-15-13-34-14(2)26-15/h7-9,13H,6,10-12H2,1-5H3,(H2,27,28,29). The van der Waals surface area contributed by atoms with Crippen molar-refractivity contribution in [2.24, 2.45) is 4.99 Å². The summed E-state index contributed by atoms with van der Waals surface area (Å²) in [4.78, 5) is 24.4. The van der Waals surface area contributed by atoms with Gasteiger partial charge in [0.2, 0.25) is 5.90 Å². The van der Waals surface area contributed by atoms with Gasteiger partial charge in [0.05, 0.1) is 55.0 Å². The van der Waals surface area contributed by atoms with Crippen LogP contribution >= 0.6 is 11.3 Å². The molecule has 182 valence electrons. The molecule has 0 saturated heterocycles. The summed E-state index contributed by atoms with van der Waals surface area (Å²) in [7, 11) is 4.54. The Morgan fingerprint density at radius 1 is 1.21 bits per heavy atom. The predicted octanol–water partition coefficient (Wildman–Crippen LogP) is 3.70. The van der Waals surface area contributed by atoms with Crippen LogP contribution in [0.1, 0.15) is 28.9 Å². The SMILES string of the molecule is CCOCc1[nH]c(=O)c(C(=NC)OCCc2csc(C)n2)c(O)c1-c1c(OC)cccc1OC. The second-order valence-electron chi connectivity index (χ2n) is 7.19. The van der Waals surface area contributed by atoms with Crippen LogP contribution in [0.3, 0.4) is 0 Å². The molecule has 34 heavy (non-hydrogen) atoms. The number of H-pyrrole nitrogens is 1. The largest absolute Gasteiger partial charge is 0.506 e. The average Bonchev–Trinajstić information content (AvgIpc) is 3.25. The molecule has 10 heteroatoms. The van der Waals surface area contributed by atoms with Gasteiger partial charge in [-0.15, -0.1) is 11.3 Å². The molecule has 2 N–H and O–H groups in total. The molecule has 3 rings (SSSR count). The van der Waals surface area contributed by atoms with Crippen molar-refractivity contribution in [3.8, 4) is 28.4 Å². The summed E-state index contributed by atoms with van der Waals surface area (Å²) < 4.78 is 22.4. The minimum Gasteiger partial charge on any atom is -0.506 e. The van der Waals surface area contributed by atoms with E-state index in [0.29, 0.717) is 41.3 Å². The first-order valence-corrected chi connectivity index (χ1v) is 11.6. The Balaban J connectivity index is 2.10. The maximum absolute atomic E-state index is 13.0. The minimum absolute atomic E-state index is 0.0174. The number of methoxy groups -OCH3 is 2. The van der Waals surface area contributed by atoms with Crippen LogP contribution in [-0.4, -0.2) is 55.5 Å². The molecule has 0 aliphatic rings. The molecule has 0 saturated carbocycles. The summed E-state index contributed by atoms with van der Waals surface area (Å²) in [5, 5.41) is 14.3. The van der Waals surface area contributed by atoms with E-state index < -0.39 is 5.56 Å². The Kier molecular flexibility index (Phi) is 8.67. The van der Waals surface area contributed by atoms with Crippen LogP contribution in [0.15, 0.2) is 33.4 Å². The van der Waals surface area contributed by atoms with Gasteiger partial charge in [-0.2, -0.15) is 0 Å². The first kappa shape index (κ1) is 25.3. The highest BCUT2D eigenvalue weighted by atomic mass is 32.1. The zero-order valence-corrected chi connectivity index (χ0v) is 20.7. The molecular formula is C24H29N3O6S. The Labute approximate surface area is 202 Å². The Morgan fingerprint density at radius 2 is 1.91 bits per heavy atom. The van der Waals surface area contributed by atoms with Gasteiger partial charge in [-0.3, -0.25) is 9.79 Å². The highest BCUT2D eigenvalue weighted by Crippen LogP contribution is 2.44. The highest BCUT2D eigenvalue weighted by molar-refractivity contribution is 7.09. The Morgan fingerprint density at radius 3 is 2.47 bits per heavy atom. The zero-order valence-electron chi connectivity index (χ0n) is 19.9. The van der Waals surface area contributed by atoms with E-state index in [2.05, 4.69) is 15.0 Å². The monoisotopic (exact) mass is 487 g/mol. The van der Waals surface area contributed by atoms with Crippen molar-refractivity contribution in [1.82, 2.24) is 9.97 Å². The normalized spacial score (nSPS) is 11.5. The third-order valence-corrected chi connectivity index (χ3v) is 5.90. The first-order chi connectivity index (χ1) is 16.4. The number of pyridine rings is 1. The van der Waals surface area contributed by atoms with Gasteiger partial charge in [0.15, 0.2) is 0 Å². The third-order valence-electron chi connectivity index (χ3n) is 5.08. The number of aromatic nitrogens is 2. The lowest BCUT2D eigenvalue weighted by Gasteiger charge is -2.19. The number of aromatic amines is 1. The molecule has 0 spiro atoms. The molecule has 1 aromatic carbocycles. The van der Waals surface area contributed by atoms with E-state index in [1.165, 1.54) is 21.3 Å². The molecule has 0 aliphatic carbocycles.